The molecule has 1 amide bonds. The highest BCUT2D eigenvalue weighted by molar-refractivity contribution is 6.42. The summed E-state index contributed by atoms with van der Waals surface area (Å²) in [5.41, 5.74) is 9.69. The minimum absolute atomic E-state index is 0.136. The summed E-state index contributed by atoms with van der Waals surface area (Å²) in [5, 5.41) is 8.52. The van der Waals surface area contributed by atoms with Crippen LogP contribution in [-0.4, -0.2) is 32.8 Å². The fraction of sp³-hybridized carbons (Fsp3) is 0.250. The van der Waals surface area contributed by atoms with E-state index in [2.05, 4.69) is 10.4 Å². The molecule has 2 aromatic carbocycles. The van der Waals surface area contributed by atoms with E-state index in [0.717, 1.165) is 31.2 Å². The van der Waals surface area contributed by atoms with E-state index in [0.29, 0.717) is 37.8 Å². The molecule has 2 aromatic heterocycles. The lowest BCUT2D eigenvalue weighted by Gasteiger charge is -2.22. The molecule has 1 aliphatic carbocycles. The van der Waals surface area contributed by atoms with Crippen LogP contribution >= 0.6 is 23.2 Å². The van der Waals surface area contributed by atoms with Crippen molar-refractivity contribution < 1.29 is 4.79 Å². The SMILES string of the molecule is Nc1c(C(=O)NC2CCCCC2)c2nc3ccccc3nc2n1N=Cc1ccc(Cl)c(Cl)c1. The number of carbonyl (C=O) groups is 1. The average Bonchev–Trinajstić information content (AvgIpc) is 3.09. The standard InChI is InChI=1S/C24H22Cl2N6O/c25-16-11-10-14(12-17(16)26)13-28-32-22(27)20(24(33)29-15-6-2-1-3-7-15)21-23(32)31-19-9-5-4-8-18(19)30-21/h4-5,8-13,15H,1-3,6-7,27H2,(H,29,33). The molecule has 0 saturated heterocycles. The molecule has 7 nitrogen and oxygen atoms in total. The Morgan fingerprint density at radius 1 is 1.06 bits per heavy atom. The Bertz CT molecular complexity index is 1390. The fourth-order valence-corrected chi connectivity index (χ4v) is 4.52. The van der Waals surface area contributed by atoms with E-state index in [-0.39, 0.29) is 17.8 Å². The van der Waals surface area contributed by atoms with Gasteiger partial charge in [-0.1, -0.05) is 60.7 Å². The molecule has 1 fully saturated rings. The first kappa shape index (κ1) is 21.7. The van der Waals surface area contributed by atoms with Crippen molar-refractivity contribution in [2.75, 3.05) is 5.73 Å². The second-order valence-corrected chi connectivity index (χ2v) is 9.00. The number of nitrogens with two attached hydrogens (primary N) is 1. The molecule has 0 unspecified atom stereocenters. The predicted molar refractivity (Wildman–Crippen MR) is 133 cm³/mol. The third kappa shape index (κ3) is 4.26. The van der Waals surface area contributed by atoms with Crippen LogP contribution in [0.2, 0.25) is 10.0 Å². The predicted octanol–water partition coefficient (Wildman–Crippen LogP) is 5.42. The van der Waals surface area contributed by atoms with Gasteiger partial charge >= 0.3 is 0 Å². The third-order valence-electron chi connectivity index (χ3n) is 5.91. The quantitative estimate of drug-likeness (QED) is 0.381. The number of amides is 1. The summed E-state index contributed by atoms with van der Waals surface area (Å²) in [6, 6.07) is 12.8. The number of aromatic nitrogens is 3. The van der Waals surface area contributed by atoms with Gasteiger partial charge in [0, 0.05) is 6.04 Å². The van der Waals surface area contributed by atoms with Crippen molar-refractivity contribution in [3.05, 3.63) is 63.6 Å². The number of halogens is 2. The summed E-state index contributed by atoms with van der Waals surface area (Å²) in [6.07, 6.45) is 6.95. The molecule has 33 heavy (non-hydrogen) atoms. The van der Waals surface area contributed by atoms with Gasteiger partial charge in [0.15, 0.2) is 5.65 Å². The van der Waals surface area contributed by atoms with E-state index in [1.165, 1.54) is 11.1 Å². The molecular formula is C24H22Cl2N6O. The first-order chi connectivity index (χ1) is 16.0. The summed E-state index contributed by atoms with van der Waals surface area (Å²) < 4.78 is 1.45. The van der Waals surface area contributed by atoms with Gasteiger partial charge in [-0.05, 0) is 42.7 Å². The zero-order chi connectivity index (χ0) is 22.9. The van der Waals surface area contributed by atoms with Crippen molar-refractivity contribution in [3.8, 4) is 0 Å². The van der Waals surface area contributed by atoms with E-state index < -0.39 is 0 Å². The zero-order valence-corrected chi connectivity index (χ0v) is 19.3. The maximum absolute atomic E-state index is 13.3. The molecule has 0 bridgehead atoms. The zero-order valence-electron chi connectivity index (χ0n) is 17.8. The van der Waals surface area contributed by atoms with Gasteiger partial charge in [-0.15, -0.1) is 0 Å². The number of hydrogen-bond acceptors (Lipinski definition) is 5. The second kappa shape index (κ2) is 9.00. The van der Waals surface area contributed by atoms with Crippen molar-refractivity contribution in [3.63, 3.8) is 0 Å². The monoisotopic (exact) mass is 480 g/mol. The average molecular weight is 481 g/mol. The Labute approximate surface area is 200 Å². The van der Waals surface area contributed by atoms with E-state index in [1.54, 1.807) is 24.4 Å². The third-order valence-corrected chi connectivity index (χ3v) is 6.65. The van der Waals surface area contributed by atoms with E-state index in [9.17, 15) is 4.79 Å². The van der Waals surface area contributed by atoms with Crippen molar-refractivity contribution in [2.24, 2.45) is 5.10 Å². The number of fused-ring (bicyclic) bond motifs is 2. The minimum atomic E-state index is -0.252. The van der Waals surface area contributed by atoms with Crippen LogP contribution in [0.4, 0.5) is 5.82 Å². The number of carbonyl (C=O) groups excluding carboxylic acids is 1. The number of nitrogens with zero attached hydrogens (tertiary/aromatic N) is 4. The fourth-order valence-electron chi connectivity index (χ4n) is 4.21. The van der Waals surface area contributed by atoms with Gasteiger partial charge in [-0.25, -0.2) is 9.97 Å². The van der Waals surface area contributed by atoms with Crippen LogP contribution in [-0.2, 0) is 0 Å². The van der Waals surface area contributed by atoms with Crippen LogP contribution < -0.4 is 11.1 Å². The van der Waals surface area contributed by atoms with Gasteiger partial charge in [0.25, 0.3) is 5.91 Å². The Morgan fingerprint density at radius 2 is 1.79 bits per heavy atom. The van der Waals surface area contributed by atoms with Gasteiger partial charge in [0.1, 0.15) is 16.9 Å². The molecule has 0 spiro atoms. The molecule has 1 saturated carbocycles. The van der Waals surface area contributed by atoms with Crippen LogP contribution in [0.5, 0.6) is 0 Å². The molecule has 3 N–H and O–H groups in total. The Hall–Kier alpha value is -3.16. The highest BCUT2D eigenvalue weighted by Gasteiger charge is 2.26. The Kier molecular flexibility index (Phi) is 5.91. The number of nitrogens with one attached hydrogen (secondary N) is 1. The van der Waals surface area contributed by atoms with E-state index >= 15 is 0 Å². The van der Waals surface area contributed by atoms with Gasteiger partial charge in [0.2, 0.25) is 0 Å². The summed E-state index contributed by atoms with van der Waals surface area (Å²) in [6.45, 7) is 0. The van der Waals surface area contributed by atoms with Crippen LogP contribution in [0.15, 0.2) is 47.6 Å². The van der Waals surface area contributed by atoms with Gasteiger partial charge in [-0.3, -0.25) is 4.79 Å². The molecule has 0 radical (unpaired) electrons. The highest BCUT2D eigenvalue weighted by atomic mass is 35.5. The first-order valence-corrected chi connectivity index (χ1v) is 11.6. The van der Waals surface area contributed by atoms with Crippen molar-refractivity contribution in [1.29, 1.82) is 0 Å². The number of hydrogen-bond donors (Lipinski definition) is 2. The molecule has 9 heteroatoms. The smallest absolute Gasteiger partial charge is 0.257 e. The van der Waals surface area contributed by atoms with Crippen LogP contribution in [0.25, 0.3) is 22.2 Å². The Balaban J connectivity index is 1.62. The molecule has 0 atom stereocenters. The first-order valence-electron chi connectivity index (χ1n) is 10.9. The summed E-state index contributed by atoms with van der Waals surface area (Å²) in [7, 11) is 0. The second-order valence-electron chi connectivity index (χ2n) is 8.18. The largest absolute Gasteiger partial charge is 0.383 e. The molecule has 2 heterocycles. The molecule has 5 rings (SSSR count). The number of benzene rings is 2. The lowest BCUT2D eigenvalue weighted by Crippen LogP contribution is -2.36. The van der Waals surface area contributed by atoms with E-state index in [4.69, 9.17) is 38.9 Å². The van der Waals surface area contributed by atoms with Crippen molar-refractivity contribution in [1.82, 2.24) is 20.0 Å². The van der Waals surface area contributed by atoms with Gasteiger partial charge < -0.3 is 11.1 Å². The number of rotatable bonds is 4. The Morgan fingerprint density at radius 3 is 2.52 bits per heavy atom. The maximum atomic E-state index is 13.3. The minimum Gasteiger partial charge on any atom is -0.383 e. The molecular weight excluding hydrogens is 459 g/mol. The van der Waals surface area contributed by atoms with Crippen LogP contribution in [0.1, 0.15) is 48.0 Å². The van der Waals surface area contributed by atoms with Crippen molar-refractivity contribution >= 4 is 63.3 Å². The van der Waals surface area contributed by atoms with Crippen molar-refractivity contribution in [2.45, 2.75) is 38.1 Å². The number of nitrogen functional groups attached to an aromatic ring is 1. The summed E-state index contributed by atoms with van der Waals surface area (Å²) >= 11 is 12.1. The number of anilines is 1. The molecule has 1 aliphatic rings. The topological polar surface area (TPSA) is 98.2 Å². The summed E-state index contributed by atoms with van der Waals surface area (Å²) in [4.78, 5) is 22.7. The number of para-hydroxylation sites is 2. The molecule has 168 valence electrons. The lowest BCUT2D eigenvalue weighted by molar-refractivity contribution is 0.0930. The van der Waals surface area contributed by atoms with Crippen LogP contribution in [0.3, 0.4) is 0 Å². The van der Waals surface area contributed by atoms with Gasteiger partial charge in [-0.2, -0.15) is 9.78 Å². The highest BCUT2D eigenvalue weighted by Crippen LogP contribution is 2.29. The van der Waals surface area contributed by atoms with Gasteiger partial charge in [0.05, 0.1) is 27.3 Å². The van der Waals surface area contributed by atoms with E-state index in [1.807, 2.05) is 24.3 Å². The van der Waals surface area contributed by atoms with Crippen LogP contribution in [0, 0.1) is 0 Å². The maximum Gasteiger partial charge on any atom is 0.257 e. The normalized spacial score (nSPS) is 15.0. The summed E-state index contributed by atoms with van der Waals surface area (Å²) in [5.74, 6) is -0.0672. The molecule has 4 aromatic rings. The molecule has 0 aliphatic heterocycles. The lowest BCUT2D eigenvalue weighted by atomic mass is 9.95.